The van der Waals surface area contributed by atoms with Crippen molar-refractivity contribution in [1.29, 1.82) is 0 Å². The number of nitrogens with one attached hydrogen (secondary N) is 1. The largest absolute Gasteiger partial charge is 0.496 e. The molecule has 0 spiro atoms. The number of methoxy groups -OCH3 is 1. The summed E-state index contributed by atoms with van der Waals surface area (Å²) in [6, 6.07) is 28.8. The van der Waals surface area contributed by atoms with Gasteiger partial charge < -0.3 is 19.9 Å². The molecular weight excluding hydrogens is 462 g/mol. The van der Waals surface area contributed by atoms with Gasteiger partial charge in [-0.15, -0.1) is 0 Å². The normalized spacial score (nSPS) is 17.5. The van der Waals surface area contributed by atoms with Crippen LogP contribution in [0.25, 0.3) is 10.8 Å². The van der Waals surface area contributed by atoms with Crippen LogP contribution in [0.15, 0.2) is 84.9 Å². The fraction of sp³-hybridized carbons (Fsp3) is 0.281. The lowest BCUT2D eigenvalue weighted by Gasteiger charge is -2.32. The Morgan fingerprint density at radius 1 is 0.919 bits per heavy atom. The fourth-order valence-corrected chi connectivity index (χ4v) is 5.33. The van der Waals surface area contributed by atoms with Gasteiger partial charge in [0.15, 0.2) is 0 Å². The van der Waals surface area contributed by atoms with Crippen molar-refractivity contribution >= 4 is 16.7 Å². The van der Waals surface area contributed by atoms with Crippen molar-refractivity contribution in [2.75, 3.05) is 20.2 Å². The van der Waals surface area contributed by atoms with E-state index < -0.39 is 5.97 Å². The number of hydrogen-bond acceptors (Lipinski definition) is 4. The van der Waals surface area contributed by atoms with Crippen LogP contribution in [0.3, 0.4) is 0 Å². The first-order valence-corrected chi connectivity index (χ1v) is 12.9. The van der Waals surface area contributed by atoms with Gasteiger partial charge in [-0.05, 0) is 71.5 Å². The predicted octanol–water partition coefficient (Wildman–Crippen LogP) is 5.99. The lowest BCUT2D eigenvalue weighted by Crippen LogP contribution is -2.40. The van der Waals surface area contributed by atoms with E-state index in [4.69, 9.17) is 9.47 Å². The summed E-state index contributed by atoms with van der Waals surface area (Å²) in [6.07, 6.45) is 2.49. The zero-order valence-corrected chi connectivity index (χ0v) is 21.2. The van der Waals surface area contributed by atoms with Crippen LogP contribution in [0.4, 0.5) is 0 Å². The summed E-state index contributed by atoms with van der Waals surface area (Å²) in [7, 11) is 1.58. The third-order valence-electron chi connectivity index (χ3n) is 7.36. The summed E-state index contributed by atoms with van der Waals surface area (Å²) in [5.41, 5.74) is 4.69. The van der Waals surface area contributed by atoms with E-state index in [-0.39, 0.29) is 6.10 Å². The Bertz CT molecular complexity index is 1370. The molecule has 0 aliphatic carbocycles. The molecule has 5 nitrogen and oxygen atoms in total. The number of ether oxygens (including phenoxy) is 2. The number of aryl methyl sites for hydroxylation is 1. The van der Waals surface area contributed by atoms with Gasteiger partial charge in [-0.1, -0.05) is 66.7 Å². The van der Waals surface area contributed by atoms with Crippen LogP contribution in [-0.2, 0) is 24.2 Å². The molecule has 4 aromatic carbocycles. The second-order valence-electron chi connectivity index (χ2n) is 9.66. The van der Waals surface area contributed by atoms with Gasteiger partial charge in [-0.2, -0.15) is 0 Å². The minimum absolute atomic E-state index is 0.109. The molecule has 1 aliphatic rings. The number of carboxylic acids is 1. The number of rotatable bonds is 9. The van der Waals surface area contributed by atoms with E-state index in [1.807, 2.05) is 6.07 Å². The first-order valence-electron chi connectivity index (χ1n) is 12.9. The standard InChI is InChI=1S/C32H33NO4/c1-36-30-8-4-7-29(32(34)35)28(30)16-12-22-9-14-25(15-10-22)27-17-18-33-20-31(27)37-21-23-11-13-24-5-2-3-6-26(24)19-23/h2-11,13-15,19,27,31,33H,12,16-18,20-21H2,1H3,(H,34,35). The average Bonchev–Trinajstić information content (AvgIpc) is 2.95. The zero-order chi connectivity index (χ0) is 25.6. The van der Waals surface area contributed by atoms with Crippen LogP contribution < -0.4 is 10.1 Å². The Hall–Kier alpha value is -3.67. The molecule has 1 saturated heterocycles. The van der Waals surface area contributed by atoms with Crippen LogP contribution in [0.5, 0.6) is 5.75 Å². The lowest BCUT2D eigenvalue weighted by molar-refractivity contribution is 0.0106. The van der Waals surface area contributed by atoms with Gasteiger partial charge in [0.2, 0.25) is 0 Å². The Labute approximate surface area is 218 Å². The van der Waals surface area contributed by atoms with Gasteiger partial charge in [-0.3, -0.25) is 0 Å². The maximum atomic E-state index is 11.7. The summed E-state index contributed by atoms with van der Waals surface area (Å²) >= 11 is 0. The SMILES string of the molecule is COc1cccc(C(=O)O)c1CCc1ccc(C2CCNCC2OCc2ccc3ccccc3c2)cc1. The molecule has 1 fully saturated rings. The number of carboxylic acid groups (broad SMARTS) is 1. The van der Waals surface area contributed by atoms with Crippen LogP contribution in [0.2, 0.25) is 0 Å². The van der Waals surface area contributed by atoms with Gasteiger partial charge in [0.25, 0.3) is 0 Å². The van der Waals surface area contributed by atoms with Gasteiger partial charge in [0, 0.05) is 18.0 Å². The lowest BCUT2D eigenvalue weighted by atomic mass is 9.87. The van der Waals surface area contributed by atoms with Crippen LogP contribution >= 0.6 is 0 Å². The predicted molar refractivity (Wildman–Crippen MR) is 147 cm³/mol. The highest BCUT2D eigenvalue weighted by Gasteiger charge is 2.27. The van der Waals surface area contributed by atoms with E-state index in [1.165, 1.54) is 27.5 Å². The number of benzene rings is 4. The van der Waals surface area contributed by atoms with E-state index in [0.717, 1.165) is 31.5 Å². The smallest absolute Gasteiger partial charge is 0.336 e. The minimum Gasteiger partial charge on any atom is -0.496 e. The Morgan fingerprint density at radius 2 is 1.70 bits per heavy atom. The first kappa shape index (κ1) is 25.0. The van der Waals surface area contributed by atoms with Gasteiger partial charge in [-0.25, -0.2) is 4.79 Å². The molecule has 0 bridgehead atoms. The minimum atomic E-state index is -0.926. The summed E-state index contributed by atoms with van der Waals surface area (Å²) in [6.45, 7) is 2.41. The molecule has 1 aliphatic heterocycles. The molecule has 37 heavy (non-hydrogen) atoms. The maximum absolute atomic E-state index is 11.7. The van der Waals surface area contributed by atoms with E-state index in [9.17, 15) is 9.90 Å². The molecule has 190 valence electrons. The monoisotopic (exact) mass is 495 g/mol. The molecule has 2 unspecified atom stereocenters. The van der Waals surface area contributed by atoms with Crippen molar-refractivity contribution in [3.8, 4) is 5.75 Å². The topological polar surface area (TPSA) is 67.8 Å². The molecule has 4 aromatic rings. The van der Waals surface area contributed by atoms with Crippen LogP contribution in [0.1, 0.15) is 45.0 Å². The molecule has 2 atom stereocenters. The third-order valence-corrected chi connectivity index (χ3v) is 7.36. The van der Waals surface area contributed by atoms with E-state index in [1.54, 1.807) is 19.2 Å². The number of piperidine rings is 1. The highest BCUT2D eigenvalue weighted by molar-refractivity contribution is 5.90. The highest BCUT2D eigenvalue weighted by Crippen LogP contribution is 2.30. The van der Waals surface area contributed by atoms with E-state index in [2.05, 4.69) is 72.0 Å². The molecular formula is C32H33NO4. The summed E-state index contributed by atoms with van der Waals surface area (Å²) < 4.78 is 11.9. The average molecular weight is 496 g/mol. The first-order chi connectivity index (χ1) is 18.1. The Morgan fingerprint density at radius 3 is 2.49 bits per heavy atom. The van der Waals surface area contributed by atoms with Crippen molar-refractivity contribution in [1.82, 2.24) is 5.32 Å². The molecule has 0 saturated carbocycles. The molecule has 0 amide bonds. The second-order valence-corrected chi connectivity index (χ2v) is 9.66. The summed E-state index contributed by atoms with van der Waals surface area (Å²) in [5, 5.41) is 15.6. The van der Waals surface area contributed by atoms with Crippen molar-refractivity contribution < 1.29 is 19.4 Å². The van der Waals surface area contributed by atoms with Gasteiger partial charge in [0.1, 0.15) is 5.75 Å². The van der Waals surface area contributed by atoms with Crippen molar-refractivity contribution in [3.63, 3.8) is 0 Å². The maximum Gasteiger partial charge on any atom is 0.336 e. The van der Waals surface area contributed by atoms with Crippen molar-refractivity contribution in [2.24, 2.45) is 0 Å². The highest BCUT2D eigenvalue weighted by atomic mass is 16.5. The quantitative estimate of drug-likeness (QED) is 0.298. The third kappa shape index (κ3) is 5.85. The van der Waals surface area contributed by atoms with E-state index >= 15 is 0 Å². The van der Waals surface area contributed by atoms with E-state index in [0.29, 0.717) is 30.3 Å². The van der Waals surface area contributed by atoms with Crippen LogP contribution in [-0.4, -0.2) is 37.4 Å². The van der Waals surface area contributed by atoms with Crippen LogP contribution in [0, 0.1) is 0 Å². The molecule has 0 radical (unpaired) electrons. The molecule has 0 aromatic heterocycles. The summed E-state index contributed by atoms with van der Waals surface area (Å²) in [4.78, 5) is 11.7. The molecule has 2 N–H and O–H groups in total. The van der Waals surface area contributed by atoms with Crippen molar-refractivity contribution in [3.05, 3.63) is 113 Å². The van der Waals surface area contributed by atoms with Crippen molar-refractivity contribution in [2.45, 2.75) is 37.9 Å². The Kier molecular flexibility index (Phi) is 7.83. The summed E-state index contributed by atoms with van der Waals surface area (Å²) in [5.74, 6) is 0.0334. The molecule has 1 heterocycles. The fourth-order valence-electron chi connectivity index (χ4n) is 5.33. The second kappa shape index (κ2) is 11.6. The zero-order valence-electron chi connectivity index (χ0n) is 21.2. The number of hydrogen-bond donors (Lipinski definition) is 2. The number of carbonyl (C=O) groups is 1. The Balaban J connectivity index is 1.24. The van der Waals surface area contributed by atoms with Gasteiger partial charge >= 0.3 is 5.97 Å². The number of fused-ring (bicyclic) bond motifs is 1. The number of aromatic carboxylic acids is 1. The molecule has 5 rings (SSSR count). The molecule has 5 heteroatoms. The van der Waals surface area contributed by atoms with Gasteiger partial charge in [0.05, 0.1) is 25.4 Å².